The molecule has 146 valence electrons. The van der Waals surface area contributed by atoms with Gasteiger partial charge in [0.05, 0.1) is 0 Å². The van der Waals surface area contributed by atoms with Crippen molar-refractivity contribution >= 4 is 17.8 Å². The number of rotatable bonds is 6. The fourth-order valence-corrected chi connectivity index (χ4v) is 3.29. The van der Waals surface area contributed by atoms with Crippen LogP contribution >= 0.6 is 0 Å². The monoisotopic (exact) mass is 385 g/mol. The minimum absolute atomic E-state index is 0.0220. The Hall–Kier alpha value is -3.02. The molecule has 0 aromatic heterocycles. The summed E-state index contributed by atoms with van der Waals surface area (Å²) in [7, 11) is 0. The maximum Gasteiger partial charge on any atom is 0.387 e. The predicted octanol–water partition coefficient (Wildman–Crippen LogP) is 4.42. The van der Waals surface area contributed by atoms with Crippen LogP contribution in [0, 0.1) is 5.92 Å². The van der Waals surface area contributed by atoms with Crippen molar-refractivity contribution in [3.8, 4) is 5.75 Å². The number of carbonyl (C=O) groups is 2. The van der Waals surface area contributed by atoms with Crippen LogP contribution in [0.3, 0.4) is 0 Å². The molecule has 0 radical (unpaired) electrons. The number of amides is 1. The molecule has 0 bridgehead atoms. The van der Waals surface area contributed by atoms with Gasteiger partial charge in [-0.15, -0.1) is 0 Å². The quantitative estimate of drug-likeness (QED) is 0.546. The molecule has 28 heavy (non-hydrogen) atoms. The first-order valence-electron chi connectivity index (χ1n) is 9.14. The van der Waals surface area contributed by atoms with Gasteiger partial charge in [0.1, 0.15) is 5.75 Å². The largest absolute Gasteiger partial charge is 0.434 e. The van der Waals surface area contributed by atoms with Gasteiger partial charge in [-0.3, -0.25) is 9.59 Å². The summed E-state index contributed by atoms with van der Waals surface area (Å²) in [5.74, 6) is -0.164. The van der Waals surface area contributed by atoms with Gasteiger partial charge in [0.2, 0.25) is 5.91 Å². The van der Waals surface area contributed by atoms with E-state index in [1.54, 1.807) is 23.1 Å². The molecule has 2 aromatic rings. The molecule has 6 heteroatoms. The molecule has 0 atom stereocenters. The normalized spacial score (nSPS) is 15.2. The molecule has 0 unspecified atom stereocenters. The topological polar surface area (TPSA) is 46.6 Å². The summed E-state index contributed by atoms with van der Waals surface area (Å²) in [6, 6.07) is 15.5. The average molecular weight is 385 g/mol. The zero-order chi connectivity index (χ0) is 19.9. The maximum absolute atomic E-state index is 12.5. The Kier molecular flexibility index (Phi) is 6.53. The van der Waals surface area contributed by atoms with E-state index < -0.39 is 6.61 Å². The molecule has 1 heterocycles. The van der Waals surface area contributed by atoms with Crippen molar-refractivity contribution < 1.29 is 23.1 Å². The van der Waals surface area contributed by atoms with Crippen LogP contribution in [0.4, 0.5) is 8.78 Å². The lowest BCUT2D eigenvalue weighted by molar-refractivity contribution is -0.127. The van der Waals surface area contributed by atoms with Crippen molar-refractivity contribution in [2.45, 2.75) is 19.5 Å². The number of hydrogen-bond donors (Lipinski definition) is 0. The molecule has 1 aliphatic rings. The van der Waals surface area contributed by atoms with E-state index in [1.807, 2.05) is 30.3 Å². The molecular weight excluding hydrogens is 364 g/mol. The van der Waals surface area contributed by atoms with E-state index in [-0.39, 0.29) is 23.4 Å². The third-order valence-electron chi connectivity index (χ3n) is 4.78. The maximum atomic E-state index is 12.5. The summed E-state index contributed by atoms with van der Waals surface area (Å²) in [5, 5.41) is 0. The minimum Gasteiger partial charge on any atom is -0.434 e. The van der Waals surface area contributed by atoms with Crippen LogP contribution in [0.1, 0.15) is 28.8 Å². The second-order valence-corrected chi connectivity index (χ2v) is 6.58. The van der Waals surface area contributed by atoms with Crippen LogP contribution in [0.25, 0.3) is 6.08 Å². The van der Waals surface area contributed by atoms with E-state index in [9.17, 15) is 18.4 Å². The molecule has 0 aliphatic carbocycles. The number of halogens is 2. The molecule has 3 rings (SSSR count). The van der Waals surface area contributed by atoms with Crippen molar-refractivity contribution in [2.75, 3.05) is 13.1 Å². The molecular formula is C22H21F2NO3. The molecule has 1 saturated heterocycles. The summed E-state index contributed by atoms with van der Waals surface area (Å²) in [5.41, 5.74) is 1.10. The van der Waals surface area contributed by atoms with E-state index in [1.165, 1.54) is 18.2 Å². The number of Topliss-reactive ketones (excluding diaryl/α,β-unsaturated/α-hetero) is 1. The predicted molar refractivity (Wildman–Crippen MR) is 102 cm³/mol. The number of ether oxygens (including phenoxy) is 1. The Balaban J connectivity index is 1.57. The van der Waals surface area contributed by atoms with E-state index in [4.69, 9.17) is 0 Å². The Morgan fingerprint density at radius 3 is 2.32 bits per heavy atom. The van der Waals surface area contributed by atoms with Gasteiger partial charge in [-0.2, -0.15) is 8.78 Å². The highest BCUT2D eigenvalue weighted by molar-refractivity contribution is 5.98. The molecule has 0 spiro atoms. The number of ketones is 1. The molecule has 4 nitrogen and oxygen atoms in total. The Morgan fingerprint density at radius 2 is 1.64 bits per heavy atom. The highest BCUT2D eigenvalue weighted by atomic mass is 19.3. The Bertz CT molecular complexity index is 844. The fourth-order valence-electron chi connectivity index (χ4n) is 3.29. The van der Waals surface area contributed by atoms with Crippen LogP contribution in [0.5, 0.6) is 5.75 Å². The lowest BCUT2D eigenvalue weighted by Gasteiger charge is -2.30. The van der Waals surface area contributed by atoms with Crippen LogP contribution in [-0.2, 0) is 4.79 Å². The zero-order valence-electron chi connectivity index (χ0n) is 15.3. The van der Waals surface area contributed by atoms with Crippen molar-refractivity contribution in [1.82, 2.24) is 4.90 Å². The van der Waals surface area contributed by atoms with Crippen molar-refractivity contribution in [3.05, 3.63) is 71.8 Å². The highest BCUT2D eigenvalue weighted by Gasteiger charge is 2.27. The summed E-state index contributed by atoms with van der Waals surface area (Å²) >= 11 is 0. The van der Waals surface area contributed by atoms with Gasteiger partial charge in [0.25, 0.3) is 0 Å². The molecule has 1 amide bonds. The Morgan fingerprint density at radius 1 is 1.00 bits per heavy atom. The molecule has 2 aromatic carbocycles. The number of benzene rings is 2. The van der Waals surface area contributed by atoms with Gasteiger partial charge in [0, 0.05) is 36.2 Å². The van der Waals surface area contributed by atoms with Gasteiger partial charge in [-0.05, 0) is 25.0 Å². The van der Waals surface area contributed by atoms with E-state index in [2.05, 4.69) is 4.74 Å². The van der Waals surface area contributed by atoms with Gasteiger partial charge in [0.15, 0.2) is 5.78 Å². The van der Waals surface area contributed by atoms with Crippen LogP contribution < -0.4 is 4.74 Å². The molecule has 1 fully saturated rings. The smallest absolute Gasteiger partial charge is 0.387 e. The summed E-state index contributed by atoms with van der Waals surface area (Å²) < 4.78 is 29.4. The van der Waals surface area contributed by atoms with Crippen molar-refractivity contribution in [1.29, 1.82) is 0 Å². The summed E-state index contributed by atoms with van der Waals surface area (Å²) in [6.07, 6.45) is 4.05. The first kappa shape index (κ1) is 19.7. The molecule has 0 saturated carbocycles. The highest BCUT2D eigenvalue weighted by Crippen LogP contribution is 2.24. The zero-order valence-corrected chi connectivity index (χ0v) is 15.3. The summed E-state index contributed by atoms with van der Waals surface area (Å²) in [6.45, 7) is -1.95. The first-order valence-corrected chi connectivity index (χ1v) is 9.14. The number of alkyl halides is 2. The molecule has 1 aliphatic heterocycles. The van der Waals surface area contributed by atoms with Crippen LogP contribution in [0.2, 0.25) is 0 Å². The van der Waals surface area contributed by atoms with Crippen molar-refractivity contribution in [3.63, 3.8) is 0 Å². The third-order valence-corrected chi connectivity index (χ3v) is 4.78. The number of hydrogen-bond acceptors (Lipinski definition) is 3. The second kappa shape index (κ2) is 9.26. The second-order valence-electron chi connectivity index (χ2n) is 6.58. The molecule has 0 N–H and O–H groups in total. The SMILES string of the molecule is O=C(c1ccccc1)C1CCN(C(=O)/C=C/c2ccccc2OC(F)F)CC1. The van der Waals surface area contributed by atoms with E-state index >= 15 is 0 Å². The lowest BCUT2D eigenvalue weighted by Crippen LogP contribution is -2.39. The van der Waals surface area contributed by atoms with Gasteiger partial charge < -0.3 is 9.64 Å². The van der Waals surface area contributed by atoms with E-state index in [0.29, 0.717) is 37.1 Å². The third kappa shape index (κ3) is 5.03. The van der Waals surface area contributed by atoms with Crippen LogP contribution in [-0.4, -0.2) is 36.3 Å². The van der Waals surface area contributed by atoms with Crippen molar-refractivity contribution in [2.24, 2.45) is 5.92 Å². The lowest BCUT2D eigenvalue weighted by atomic mass is 9.89. The number of likely N-dealkylation sites (tertiary alicyclic amines) is 1. The number of piperidine rings is 1. The van der Waals surface area contributed by atoms with Crippen LogP contribution in [0.15, 0.2) is 60.7 Å². The minimum atomic E-state index is -2.92. The van der Waals surface area contributed by atoms with Gasteiger partial charge in [-0.25, -0.2) is 0 Å². The van der Waals surface area contributed by atoms with E-state index in [0.717, 1.165) is 0 Å². The number of para-hydroxylation sites is 1. The fraction of sp³-hybridized carbons (Fsp3) is 0.273. The summed E-state index contributed by atoms with van der Waals surface area (Å²) in [4.78, 5) is 26.6. The Labute approximate surface area is 162 Å². The number of nitrogens with zero attached hydrogens (tertiary/aromatic N) is 1. The van der Waals surface area contributed by atoms with Gasteiger partial charge in [-0.1, -0.05) is 48.5 Å². The standard InChI is InChI=1S/C22H21F2NO3/c23-22(24)28-19-9-5-4-6-16(19)10-11-20(26)25-14-12-18(13-15-25)21(27)17-7-2-1-3-8-17/h1-11,18,22H,12-15H2/b11-10+. The average Bonchev–Trinajstić information content (AvgIpc) is 2.73. The first-order chi connectivity index (χ1) is 13.5. The van der Waals surface area contributed by atoms with Gasteiger partial charge >= 0.3 is 6.61 Å². The number of carbonyl (C=O) groups excluding carboxylic acids is 2.